The van der Waals surface area contributed by atoms with Crippen LogP contribution in [0.4, 0.5) is 5.82 Å². The third-order valence-electron chi connectivity index (χ3n) is 3.31. The van der Waals surface area contributed by atoms with Gasteiger partial charge in [-0.3, -0.25) is 0 Å². The van der Waals surface area contributed by atoms with Crippen LogP contribution in [0.3, 0.4) is 0 Å². The number of benzene rings is 1. The molecule has 1 fully saturated rings. The van der Waals surface area contributed by atoms with Gasteiger partial charge < -0.3 is 10.1 Å². The first kappa shape index (κ1) is 12.0. The summed E-state index contributed by atoms with van der Waals surface area (Å²) in [5.41, 5.74) is 2.00. The van der Waals surface area contributed by atoms with E-state index in [9.17, 15) is 0 Å². The van der Waals surface area contributed by atoms with Crippen LogP contribution in [-0.4, -0.2) is 24.1 Å². The summed E-state index contributed by atoms with van der Waals surface area (Å²) < 4.78 is 5.26. The summed E-state index contributed by atoms with van der Waals surface area (Å²) in [6.45, 7) is 0. The first-order chi connectivity index (χ1) is 9.30. The first-order valence-corrected chi connectivity index (χ1v) is 6.51. The SMILES string of the molecule is CNc1cc(-c2cccc(OC)c2)nc(C2CC2)n1. The lowest BCUT2D eigenvalue weighted by Crippen LogP contribution is -2.00. The molecule has 0 unspecified atom stereocenters. The van der Waals surface area contributed by atoms with E-state index in [1.54, 1.807) is 7.11 Å². The quantitative estimate of drug-likeness (QED) is 0.912. The van der Waals surface area contributed by atoms with Crippen LogP contribution in [0.25, 0.3) is 11.3 Å². The minimum atomic E-state index is 0.539. The predicted octanol–water partition coefficient (Wildman–Crippen LogP) is 3.07. The van der Waals surface area contributed by atoms with Crippen molar-refractivity contribution >= 4 is 5.82 Å². The zero-order valence-corrected chi connectivity index (χ0v) is 11.2. The second-order valence-corrected chi connectivity index (χ2v) is 4.75. The van der Waals surface area contributed by atoms with Crippen molar-refractivity contribution in [3.63, 3.8) is 0 Å². The molecule has 3 rings (SSSR count). The lowest BCUT2D eigenvalue weighted by molar-refractivity contribution is 0.415. The molecule has 1 saturated carbocycles. The summed E-state index contributed by atoms with van der Waals surface area (Å²) in [6, 6.07) is 9.93. The molecule has 0 saturated heterocycles. The molecule has 1 N–H and O–H groups in total. The molecule has 0 spiro atoms. The highest BCUT2D eigenvalue weighted by molar-refractivity contribution is 5.64. The lowest BCUT2D eigenvalue weighted by atomic mass is 10.1. The van der Waals surface area contributed by atoms with E-state index in [2.05, 4.69) is 15.3 Å². The molecule has 1 aromatic heterocycles. The van der Waals surface area contributed by atoms with Gasteiger partial charge in [0.05, 0.1) is 12.8 Å². The van der Waals surface area contributed by atoms with Crippen LogP contribution in [0.1, 0.15) is 24.6 Å². The highest BCUT2D eigenvalue weighted by atomic mass is 16.5. The number of nitrogens with one attached hydrogen (secondary N) is 1. The minimum absolute atomic E-state index is 0.539. The van der Waals surface area contributed by atoms with Crippen LogP contribution < -0.4 is 10.1 Å². The average Bonchev–Trinajstić information content (AvgIpc) is 3.31. The zero-order valence-electron chi connectivity index (χ0n) is 11.2. The molecule has 19 heavy (non-hydrogen) atoms. The maximum absolute atomic E-state index is 5.26. The smallest absolute Gasteiger partial charge is 0.134 e. The monoisotopic (exact) mass is 255 g/mol. The predicted molar refractivity (Wildman–Crippen MR) is 75.5 cm³/mol. The number of hydrogen-bond acceptors (Lipinski definition) is 4. The second-order valence-electron chi connectivity index (χ2n) is 4.75. The van der Waals surface area contributed by atoms with E-state index in [4.69, 9.17) is 4.74 Å². The van der Waals surface area contributed by atoms with Crippen molar-refractivity contribution in [3.05, 3.63) is 36.2 Å². The molecule has 0 radical (unpaired) electrons. The van der Waals surface area contributed by atoms with Crippen LogP contribution in [0.2, 0.25) is 0 Å². The summed E-state index contributed by atoms with van der Waals surface area (Å²) in [5, 5.41) is 3.11. The molecular weight excluding hydrogens is 238 g/mol. The standard InChI is InChI=1S/C15H17N3O/c1-16-14-9-13(17-15(18-14)10-6-7-10)11-4-3-5-12(8-11)19-2/h3-5,8-10H,6-7H2,1-2H3,(H,16,17,18). The minimum Gasteiger partial charge on any atom is -0.497 e. The fourth-order valence-electron chi connectivity index (χ4n) is 2.05. The van der Waals surface area contributed by atoms with Gasteiger partial charge in [-0.2, -0.15) is 0 Å². The Labute approximate surface area is 112 Å². The van der Waals surface area contributed by atoms with Crippen LogP contribution in [0.5, 0.6) is 5.75 Å². The fraction of sp³-hybridized carbons (Fsp3) is 0.333. The molecule has 2 aromatic rings. The molecule has 0 amide bonds. The summed E-state index contributed by atoms with van der Waals surface area (Å²) in [6.07, 6.45) is 2.40. The Morgan fingerprint density at radius 1 is 1.21 bits per heavy atom. The van der Waals surface area contributed by atoms with E-state index in [0.29, 0.717) is 5.92 Å². The third-order valence-corrected chi connectivity index (χ3v) is 3.31. The Morgan fingerprint density at radius 3 is 2.74 bits per heavy atom. The van der Waals surface area contributed by atoms with Gasteiger partial charge in [-0.15, -0.1) is 0 Å². The van der Waals surface area contributed by atoms with Gasteiger partial charge in [0.1, 0.15) is 17.4 Å². The maximum atomic E-state index is 5.26. The summed E-state index contributed by atoms with van der Waals surface area (Å²) >= 11 is 0. The van der Waals surface area contributed by atoms with Crippen LogP contribution in [0, 0.1) is 0 Å². The fourth-order valence-corrected chi connectivity index (χ4v) is 2.05. The number of anilines is 1. The van der Waals surface area contributed by atoms with Gasteiger partial charge in [-0.05, 0) is 25.0 Å². The van der Waals surface area contributed by atoms with Gasteiger partial charge in [-0.25, -0.2) is 9.97 Å². The summed E-state index contributed by atoms with van der Waals surface area (Å²) in [5.74, 6) is 3.20. The van der Waals surface area contributed by atoms with Crippen molar-refractivity contribution in [2.45, 2.75) is 18.8 Å². The van der Waals surface area contributed by atoms with Crippen LogP contribution in [0.15, 0.2) is 30.3 Å². The number of aromatic nitrogens is 2. The molecule has 1 heterocycles. The van der Waals surface area contributed by atoms with Crippen molar-refractivity contribution in [2.24, 2.45) is 0 Å². The Morgan fingerprint density at radius 2 is 2.05 bits per heavy atom. The number of rotatable bonds is 4. The van der Waals surface area contributed by atoms with Gasteiger partial charge in [0.2, 0.25) is 0 Å². The second kappa shape index (κ2) is 4.88. The van der Waals surface area contributed by atoms with Gasteiger partial charge in [0, 0.05) is 24.6 Å². The van der Waals surface area contributed by atoms with Crippen molar-refractivity contribution in [2.75, 3.05) is 19.5 Å². The largest absolute Gasteiger partial charge is 0.497 e. The number of ether oxygens (including phenoxy) is 1. The van der Waals surface area contributed by atoms with Gasteiger partial charge in [0.25, 0.3) is 0 Å². The summed E-state index contributed by atoms with van der Waals surface area (Å²) in [7, 11) is 3.56. The Balaban J connectivity index is 2.04. The van der Waals surface area contributed by atoms with E-state index in [1.807, 2.05) is 37.4 Å². The van der Waals surface area contributed by atoms with Crippen molar-refractivity contribution in [1.82, 2.24) is 9.97 Å². The lowest BCUT2D eigenvalue weighted by Gasteiger charge is -2.08. The molecule has 4 heteroatoms. The highest BCUT2D eigenvalue weighted by Crippen LogP contribution is 2.39. The molecular formula is C15H17N3O. The topological polar surface area (TPSA) is 47.0 Å². The Kier molecular flexibility index (Phi) is 3.07. The normalized spacial score (nSPS) is 14.2. The van der Waals surface area contributed by atoms with E-state index in [1.165, 1.54) is 12.8 Å². The molecule has 0 bridgehead atoms. The Hall–Kier alpha value is -2.10. The Bertz CT molecular complexity index is 594. The molecule has 4 nitrogen and oxygen atoms in total. The van der Waals surface area contributed by atoms with Crippen LogP contribution >= 0.6 is 0 Å². The zero-order chi connectivity index (χ0) is 13.2. The molecule has 98 valence electrons. The highest BCUT2D eigenvalue weighted by Gasteiger charge is 2.27. The third kappa shape index (κ3) is 2.52. The molecule has 1 aromatic carbocycles. The molecule has 1 aliphatic rings. The van der Waals surface area contributed by atoms with Gasteiger partial charge in [-0.1, -0.05) is 12.1 Å². The van der Waals surface area contributed by atoms with E-state index < -0.39 is 0 Å². The van der Waals surface area contributed by atoms with Crippen molar-refractivity contribution < 1.29 is 4.74 Å². The van der Waals surface area contributed by atoms with Crippen LogP contribution in [-0.2, 0) is 0 Å². The number of methoxy groups -OCH3 is 1. The number of nitrogens with zero attached hydrogens (tertiary/aromatic N) is 2. The maximum Gasteiger partial charge on any atom is 0.134 e. The van der Waals surface area contributed by atoms with Crippen molar-refractivity contribution in [1.29, 1.82) is 0 Å². The first-order valence-electron chi connectivity index (χ1n) is 6.51. The van der Waals surface area contributed by atoms with E-state index >= 15 is 0 Å². The molecule has 0 atom stereocenters. The van der Waals surface area contributed by atoms with Gasteiger partial charge in [0.15, 0.2) is 0 Å². The number of hydrogen-bond donors (Lipinski definition) is 1. The van der Waals surface area contributed by atoms with Gasteiger partial charge >= 0.3 is 0 Å². The average molecular weight is 255 g/mol. The van der Waals surface area contributed by atoms with Crippen molar-refractivity contribution in [3.8, 4) is 17.0 Å². The summed E-state index contributed by atoms with van der Waals surface area (Å²) in [4.78, 5) is 9.21. The molecule has 0 aliphatic heterocycles. The van der Waals surface area contributed by atoms with E-state index in [0.717, 1.165) is 28.6 Å². The van der Waals surface area contributed by atoms with E-state index in [-0.39, 0.29) is 0 Å². The molecule has 1 aliphatic carbocycles.